The molecular weight excluding hydrogens is 264 g/mol. The van der Waals surface area contributed by atoms with Gasteiger partial charge in [0, 0.05) is 0 Å². The van der Waals surface area contributed by atoms with E-state index in [1.807, 2.05) is 42.5 Å². The normalized spacial score (nSPS) is 10.8. The predicted octanol–water partition coefficient (Wildman–Crippen LogP) is 4.03. The van der Waals surface area contributed by atoms with Crippen molar-refractivity contribution in [3.8, 4) is 22.9 Å². The van der Waals surface area contributed by atoms with Crippen LogP contribution in [0.1, 0.15) is 13.3 Å². The van der Waals surface area contributed by atoms with Gasteiger partial charge >= 0.3 is 0 Å². The maximum absolute atomic E-state index is 5.87. The summed E-state index contributed by atoms with van der Waals surface area (Å²) in [6.45, 7) is 2.73. The molecule has 0 aliphatic carbocycles. The number of hydrogen-bond donors (Lipinski definition) is 1. The SMILES string of the molecule is CCCOc1c(OC)cccc1-c1nc2ccccc2[nH]1. The molecule has 3 aromatic rings. The molecule has 108 valence electrons. The molecule has 0 radical (unpaired) electrons. The average Bonchev–Trinajstić information content (AvgIpc) is 2.96. The Balaban J connectivity index is 2.11. The van der Waals surface area contributed by atoms with Crippen LogP contribution >= 0.6 is 0 Å². The monoisotopic (exact) mass is 282 g/mol. The van der Waals surface area contributed by atoms with E-state index in [0.717, 1.165) is 40.3 Å². The first kappa shape index (κ1) is 13.5. The molecule has 0 saturated heterocycles. The number of hydrogen-bond acceptors (Lipinski definition) is 3. The topological polar surface area (TPSA) is 47.1 Å². The van der Waals surface area contributed by atoms with Crippen LogP contribution in [-0.4, -0.2) is 23.7 Å². The summed E-state index contributed by atoms with van der Waals surface area (Å²) in [6, 6.07) is 13.8. The van der Waals surface area contributed by atoms with Crippen LogP contribution in [0.25, 0.3) is 22.4 Å². The van der Waals surface area contributed by atoms with Crippen LogP contribution in [0.3, 0.4) is 0 Å². The van der Waals surface area contributed by atoms with E-state index in [9.17, 15) is 0 Å². The summed E-state index contributed by atoms with van der Waals surface area (Å²) in [5.74, 6) is 2.25. The van der Waals surface area contributed by atoms with Crippen molar-refractivity contribution >= 4 is 11.0 Å². The van der Waals surface area contributed by atoms with Gasteiger partial charge in [-0.05, 0) is 30.7 Å². The fourth-order valence-corrected chi connectivity index (χ4v) is 2.30. The van der Waals surface area contributed by atoms with Crippen LogP contribution in [0, 0.1) is 0 Å². The Bertz CT molecular complexity index is 716. The maximum atomic E-state index is 5.87. The van der Waals surface area contributed by atoms with Crippen molar-refractivity contribution in [1.82, 2.24) is 9.97 Å². The molecule has 0 atom stereocenters. The Kier molecular flexibility index (Phi) is 3.77. The fraction of sp³-hybridized carbons (Fsp3) is 0.235. The highest BCUT2D eigenvalue weighted by Crippen LogP contribution is 2.37. The Morgan fingerprint density at radius 2 is 1.95 bits per heavy atom. The molecule has 0 unspecified atom stereocenters. The van der Waals surface area contributed by atoms with Gasteiger partial charge in [0.1, 0.15) is 5.82 Å². The van der Waals surface area contributed by atoms with Gasteiger partial charge in [0.15, 0.2) is 11.5 Å². The van der Waals surface area contributed by atoms with Crippen LogP contribution in [0.2, 0.25) is 0 Å². The highest BCUT2D eigenvalue weighted by molar-refractivity contribution is 5.81. The first-order valence-electron chi connectivity index (χ1n) is 7.08. The third-order valence-electron chi connectivity index (χ3n) is 3.29. The van der Waals surface area contributed by atoms with Gasteiger partial charge in [-0.1, -0.05) is 25.1 Å². The van der Waals surface area contributed by atoms with Crippen LogP contribution in [-0.2, 0) is 0 Å². The molecule has 0 bridgehead atoms. The number of aromatic amines is 1. The number of para-hydroxylation sites is 3. The molecule has 4 nitrogen and oxygen atoms in total. The molecule has 3 rings (SSSR count). The molecule has 2 aromatic carbocycles. The molecule has 0 aliphatic heterocycles. The van der Waals surface area contributed by atoms with E-state index >= 15 is 0 Å². The minimum atomic E-state index is 0.646. The quantitative estimate of drug-likeness (QED) is 0.768. The zero-order valence-corrected chi connectivity index (χ0v) is 12.2. The van der Waals surface area contributed by atoms with E-state index in [0.29, 0.717) is 6.61 Å². The molecule has 21 heavy (non-hydrogen) atoms. The third kappa shape index (κ3) is 2.57. The van der Waals surface area contributed by atoms with Crippen molar-refractivity contribution in [2.24, 2.45) is 0 Å². The van der Waals surface area contributed by atoms with Crippen molar-refractivity contribution in [2.45, 2.75) is 13.3 Å². The lowest BCUT2D eigenvalue weighted by Gasteiger charge is -2.13. The van der Waals surface area contributed by atoms with E-state index in [1.54, 1.807) is 7.11 Å². The number of aromatic nitrogens is 2. The number of rotatable bonds is 5. The minimum Gasteiger partial charge on any atom is -0.493 e. The average molecular weight is 282 g/mol. The summed E-state index contributed by atoms with van der Waals surface area (Å²) < 4.78 is 11.3. The molecule has 0 fully saturated rings. The zero-order chi connectivity index (χ0) is 14.7. The molecular formula is C17H18N2O2. The molecule has 4 heteroatoms. The molecule has 0 amide bonds. The van der Waals surface area contributed by atoms with Crippen LogP contribution in [0.5, 0.6) is 11.5 Å². The standard InChI is InChI=1S/C17H18N2O2/c1-3-11-21-16-12(7-6-10-15(16)20-2)17-18-13-8-4-5-9-14(13)19-17/h4-10H,3,11H2,1-2H3,(H,18,19). The maximum Gasteiger partial charge on any atom is 0.172 e. The van der Waals surface area contributed by atoms with Crippen LogP contribution < -0.4 is 9.47 Å². The van der Waals surface area contributed by atoms with Gasteiger partial charge in [0.2, 0.25) is 0 Å². The summed E-state index contributed by atoms with van der Waals surface area (Å²) >= 11 is 0. The second-order valence-electron chi connectivity index (χ2n) is 4.79. The zero-order valence-electron chi connectivity index (χ0n) is 12.2. The van der Waals surface area contributed by atoms with E-state index in [4.69, 9.17) is 9.47 Å². The van der Waals surface area contributed by atoms with Crippen molar-refractivity contribution in [1.29, 1.82) is 0 Å². The first-order chi connectivity index (χ1) is 10.3. The van der Waals surface area contributed by atoms with E-state index in [1.165, 1.54) is 0 Å². The summed E-state index contributed by atoms with van der Waals surface area (Å²) in [5.41, 5.74) is 2.87. The van der Waals surface area contributed by atoms with Crippen molar-refractivity contribution in [2.75, 3.05) is 13.7 Å². The lowest BCUT2D eigenvalue weighted by Crippen LogP contribution is -2.00. The van der Waals surface area contributed by atoms with Gasteiger partial charge in [0.05, 0.1) is 30.3 Å². The molecule has 0 spiro atoms. The Morgan fingerprint density at radius 3 is 2.71 bits per heavy atom. The number of nitrogens with one attached hydrogen (secondary N) is 1. The van der Waals surface area contributed by atoms with Gasteiger partial charge < -0.3 is 14.5 Å². The summed E-state index contributed by atoms with van der Waals surface area (Å²) in [5, 5.41) is 0. The summed E-state index contributed by atoms with van der Waals surface area (Å²) in [7, 11) is 1.65. The highest BCUT2D eigenvalue weighted by Gasteiger charge is 2.15. The Morgan fingerprint density at radius 1 is 1.10 bits per heavy atom. The van der Waals surface area contributed by atoms with Crippen molar-refractivity contribution in [3.63, 3.8) is 0 Å². The Labute approximate surface area is 123 Å². The van der Waals surface area contributed by atoms with Gasteiger partial charge in [-0.15, -0.1) is 0 Å². The second kappa shape index (κ2) is 5.87. The second-order valence-corrected chi connectivity index (χ2v) is 4.79. The van der Waals surface area contributed by atoms with E-state index in [2.05, 4.69) is 16.9 Å². The molecule has 1 aromatic heterocycles. The first-order valence-corrected chi connectivity index (χ1v) is 7.08. The van der Waals surface area contributed by atoms with Gasteiger partial charge in [-0.25, -0.2) is 4.98 Å². The van der Waals surface area contributed by atoms with Crippen molar-refractivity contribution < 1.29 is 9.47 Å². The fourth-order valence-electron chi connectivity index (χ4n) is 2.30. The number of imidazole rings is 1. The molecule has 0 saturated carbocycles. The number of benzene rings is 2. The summed E-state index contributed by atoms with van der Waals surface area (Å²) in [6.07, 6.45) is 0.942. The predicted molar refractivity (Wildman–Crippen MR) is 83.9 cm³/mol. The van der Waals surface area contributed by atoms with Gasteiger partial charge in [-0.3, -0.25) is 0 Å². The minimum absolute atomic E-state index is 0.646. The number of ether oxygens (including phenoxy) is 2. The highest BCUT2D eigenvalue weighted by atomic mass is 16.5. The van der Waals surface area contributed by atoms with Crippen LogP contribution in [0.4, 0.5) is 0 Å². The number of nitrogens with zero attached hydrogens (tertiary/aromatic N) is 1. The van der Waals surface area contributed by atoms with E-state index < -0.39 is 0 Å². The van der Waals surface area contributed by atoms with E-state index in [-0.39, 0.29) is 0 Å². The summed E-state index contributed by atoms with van der Waals surface area (Å²) in [4.78, 5) is 7.97. The van der Waals surface area contributed by atoms with Gasteiger partial charge in [-0.2, -0.15) is 0 Å². The molecule has 0 aliphatic rings. The van der Waals surface area contributed by atoms with Crippen LogP contribution in [0.15, 0.2) is 42.5 Å². The van der Waals surface area contributed by atoms with Gasteiger partial charge in [0.25, 0.3) is 0 Å². The lowest BCUT2D eigenvalue weighted by molar-refractivity contribution is 0.295. The lowest BCUT2D eigenvalue weighted by atomic mass is 10.1. The number of H-pyrrole nitrogens is 1. The Hall–Kier alpha value is -2.49. The number of fused-ring (bicyclic) bond motifs is 1. The van der Waals surface area contributed by atoms with Crippen molar-refractivity contribution in [3.05, 3.63) is 42.5 Å². The molecule has 1 heterocycles. The largest absolute Gasteiger partial charge is 0.493 e. The smallest absolute Gasteiger partial charge is 0.172 e. The number of methoxy groups -OCH3 is 1. The molecule has 1 N–H and O–H groups in total. The third-order valence-corrected chi connectivity index (χ3v) is 3.29.